The highest BCUT2D eigenvalue weighted by molar-refractivity contribution is 5.37. The Labute approximate surface area is 124 Å². The lowest BCUT2D eigenvalue weighted by Gasteiger charge is -2.25. The van der Waals surface area contributed by atoms with Crippen molar-refractivity contribution >= 4 is 0 Å². The van der Waals surface area contributed by atoms with Crippen LogP contribution in [-0.2, 0) is 0 Å². The van der Waals surface area contributed by atoms with E-state index in [1.807, 2.05) is 0 Å². The number of benzene rings is 1. The molecule has 0 aliphatic heterocycles. The van der Waals surface area contributed by atoms with Crippen LogP contribution in [0.4, 0.5) is 0 Å². The molecule has 1 aromatic carbocycles. The maximum Gasteiger partial charge on any atom is 0.0919 e. The summed E-state index contributed by atoms with van der Waals surface area (Å²) in [4.78, 5) is 2.27. The first-order chi connectivity index (χ1) is 9.40. The average Bonchev–Trinajstić information content (AvgIpc) is 2.43. The molecule has 20 heavy (non-hydrogen) atoms. The number of aliphatic hydroxyl groups is 1. The Morgan fingerprint density at radius 2 is 1.55 bits per heavy atom. The first kappa shape index (κ1) is 17.2. The standard InChI is InChI=1S/C18H31NO/c1-7-19(8-2)12-18(20)16-10-9-15(13(3)4)11-17(16)14(5)6/h9-11,13-14,18,20H,7-8,12H2,1-6H3. The van der Waals surface area contributed by atoms with Crippen molar-refractivity contribution in [2.75, 3.05) is 19.6 Å². The van der Waals surface area contributed by atoms with E-state index >= 15 is 0 Å². The Kier molecular flexibility index (Phi) is 6.70. The van der Waals surface area contributed by atoms with Gasteiger partial charge >= 0.3 is 0 Å². The van der Waals surface area contributed by atoms with E-state index in [-0.39, 0.29) is 0 Å². The van der Waals surface area contributed by atoms with Crippen LogP contribution >= 0.6 is 0 Å². The molecule has 0 aromatic heterocycles. The minimum atomic E-state index is -0.395. The highest BCUT2D eigenvalue weighted by Gasteiger charge is 2.17. The number of rotatable bonds is 7. The van der Waals surface area contributed by atoms with Gasteiger partial charge in [-0.05, 0) is 41.6 Å². The van der Waals surface area contributed by atoms with Crippen LogP contribution in [0.15, 0.2) is 18.2 Å². The molecule has 0 radical (unpaired) electrons. The molecule has 1 atom stereocenters. The fourth-order valence-corrected chi connectivity index (χ4v) is 2.58. The second kappa shape index (κ2) is 7.80. The zero-order valence-corrected chi connectivity index (χ0v) is 14.0. The molecule has 0 aliphatic rings. The zero-order chi connectivity index (χ0) is 15.3. The summed E-state index contributed by atoms with van der Waals surface area (Å²) >= 11 is 0. The molecule has 1 aromatic rings. The third-order valence-corrected chi connectivity index (χ3v) is 4.08. The molecule has 0 heterocycles. The predicted octanol–water partition coefficient (Wildman–Crippen LogP) is 4.31. The predicted molar refractivity (Wildman–Crippen MR) is 87.4 cm³/mol. The minimum Gasteiger partial charge on any atom is -0.387 e. The SMILES string of the molecule is CCN(CC)CC(O)c1ccc(C(C)C)cc1C(C)C. The van der Waals surface area contributed by atoms with Crippen molar-refractivity contribution < 1.29 is 5.11 Å². The number of nitrogens with zero attached hydrogens (tertiary/aromatic N) is 1. The van der Waals surface area contributed by atoms with E-state index in [0.29, 0.717) is 18.4 Å². The largest absolute Gasteiger partial charge is 0.387 e. The van der Waals surface area contributed by atoms with Gasteiger partial charge in [0, 0.05) is 6.54 Å². The van der Waals surface area contributed by atoms with Gasteiger partial charge in [-0.1, -0.05) is 59.7 Å². The fourth-order valence-electron chi connectivity index (χ4n) is 2.58. The lowest BCUT2D eigenvalue weighted by Crippen LogP contribution is -2.28. The van der Waals surface area contributed by atoms with E-state index in [4.69, 9.17) is 0 Å². The number of likely N-dealkylation sites (N-methyl/N-ethyl adjacent to an activating group) is 1. The Balaban J connectivity index is 3.04. The summed E-state index contributed by atoms with van der Waals surface area (Å²) in [5.74, 6) is 0.969. The highest BCUT2D eigenvalue weighted by Crippen LogP contribution is 2.29. The summed E-state index contributed by atoms with van der Waals surface area (Å²) in [6.07, 6.45) is -0.395. The van der Waals surface area contributed by atoms with Crippen molar-refractivity contribution in [1.82, 2.24) is 4.90 Å². The molecule has 0 amide bonds. The van der Waals surface area contributed by atoms with Gasteiger partial charge in [-0.2, -0.15) is 0 Å². The van der Waals surface area contributed by atoms with Gasteiger partial charge in [-0.15, -0.1) is 0 Å². The van der Waals surface area contributed by atoms with Gasteiger partial charge in [0.1, 0.15) is 0 Å². The number of aliphatic hydroxyl groups excluding tert-OH is 1. The molecule has 0 spiro atoms. The van der Waals surface area contributed by atoms with E-state index in [9.17, 15) is 5.11 Å². The Morgan fingerprint density at radius 1 is 0.950 bits per heavy atom. The third kappa shape index (κ3) is 4.32. The Bertz CT molecular complexity index is 408. The fraction of sp³-hybridized carbons (Fsp3) is 0.667. The second-order valence-electron chi connectivity index (χ2n) is 6.20. The van der Waals surface area contributed by atoms with Gasteiger partial charge in [0.05, 0.1) is 6.10 Å². The molecule has 0 bridgehead atoms. The van der Waals surface area contributed by atoms with E-state index < -0.39 is 6.10 Å². The van der Waals surface area contributed by atoms with Crippen molar-refractivity contribution in [3.8, 4) is 0 Å². The summed E-state index contributed by atoms with van der Waals surface area (Å²) in [5, 5.41) is 10.6. The Morgan fingerprint density at radius 3 is 2.00 bits per heavy atom. The maximum absolute atomic E-state index is 10.6. The Hall–Kier alpha value is -0.860. The molecule has 1 N–H and O–H groups in total. The van der Waals surface area contributed by atoms with Crippen LogP contribution in [0.3, 0.4) is 0 Å². The summed E-state index contributed by atoms with van der Waals surface area (Å²) in [6, 6.07) is 6.56. The van der Waals surface area contributed by atoms with Gasteiger partial charge in [-0.3, -0.25) is 0 Å². The van der Waals surface area contributed by atoms with E-state index in [1.165, 1.54) is 11.1 Å². The van der Waals surface area contributed by atoms with E-state index in [2.05, 4.69) is 64.6 Å². The molecule has 1 unspecified atom stereocenters. The molecular formula is C18H31NO. The molecule has 0 saturated carbocycles. The topological polar surface area (TPSA) is 23.5 Å². The van der Waals surface area contributed by atoms with Crippen molar-refractivity contribution in [3.63, 3.8) is 0 Å². The van der Waals surface area contributed by atoms with Crippen LogP contribution < -0.4 is 0 Å². The molecule has 1 rings (SSSR count). The van der Waals surface area contributed by atoms with Crippen molar-refractivity contribution in [2.45, 2.75) is 59.5 Å². The molecule has 114 valence electrons. The molecule has 0 aliphatic carbocycles. The van der Waals surface area contributed by atoms with Crippen LogP contribution in [0.2, 0.25) is 0 Å². The minimum absolute atomic E-state index is 0.395. The lowest BCUT2D eigenvalue weighted by atomic mass is 9.89. The summed E-state index contributed by atoms with van der Waals surface area (Å²) in [6.45, 7) is 15.8. The van der Waals surface area contributed by atoms with Gasteiger partial charge in [-0.25, -0.2) is 0 Å². The van der Waals surface area contributed by atoms with Crippen LogP contribution in [0, 0.1) is 0 Å². The highest BCUT2D eigenvalue weighted by atomic mass is 16.3. The van der Waals surface area contributed by atoms with Crippen LogP contribution in [0.1, 0.15) is 76.2 Å². The van der Waals surface area contributed by atoms with Gasteiger partial charge in [0.25, 0.3) is 0 Å². The van der Waals surface area contributed by atoms with Gasteiger partial charge in [0.2, 0.25) is 0 Å². The summed E-state index contributed by atoms with van der Waals surface area (Å²) < 4.78 is 0. The first-order valence-corrected chi connectivity index (χ1v) is 7.94. The number of hydrogen-bond donors (Lipinski definition) is 1. The van der Waals surface area contributed by atoms with E-state index in [0.717, 1.165) is 18.7 Å². The molecule has 0 fully saturated rings. The summed E-state index contributed by atoms with van der Waals surface area (Å²) in [5.41, 5.74) is 3.74. The smallest absolute Gasteiger partial charge is 0.0919 e. The first-order valence-electron chi connectivity index (χ1n) is 7.94. The quantitative estimate of drug-likeness (QED) is 0.803. The van der Waals surface area contributed by atoms with Gasteiger partial charge in [0.15, 0.2) is 0 Å². The molecule has 0 saturated heterocycles. The molecular weight excluding hydrogens is 246 g/mol. The van der Waals surface area contributed by atoms with Crippen molar-refractivity contribution in [2.24, 2.45) is 0 Å². The zero-order valence-electron chi connectivity index (χ0n) is 14.0. The van der Waals surface area contributed by atoms with Gasteiger partial charge < -0.3 is 10.0 Å². The maximum atomic E-state index is 10.6. The normalized spacial score (nSPS) is 13.5. The summed E-state index contributed by atoms with van der Waals surface area (Å²) in [7, 11) is 0. The van der Waals surface area contributed by atoms with Crippen molar-refractivity contribution in [1.29, 1.82) is 0 Å². The molecule has 2 nitrogen and oxygen atoms in total. The van der Waals surface area contributed by atoms with Crippen LogP contribution in [0.5, 0.6) is 0 Å². The van der Waals surface area contributed by atoms with Crippen LogP contribution in [-0.4, -0.2) is 29.6 Å². The number of hydrogen-bond acceptors (Lipinski definition) is 2. The molecule has 2 heteroatoms. The van der Waals surface area contributed by atoms with Crippen molar-refractivity contribution in [3.05, 3.63) is 34.9 Å². The average molecular weight is 277 g/mol. The second-order valence-corrected chi connectivity index (χ2v) is 6.20. The lowest BCUT2D eigenvalue weighted by molar-refractivity contribution is 0.118. The third-order valence-electron chi connectivity index (χ3n) is 4.08. The van der Waals surface area contributed by atoms with Crippen LogP contribution in [0.25, 0.3) is 0 Å². The monoisotopic (exact) mass is 277 g/mol. The van der Waals surface area contributed by atoms with E-state index in [1.54, 1.807) is 0 Å².